The number of anilines is 1. The molecule has 0 aromatic heterocycles. The number of benzene rings is 1. The van der Waals surface area contributed by atoms with Gasteiger partial charge in [0, 0.05) is 24.7 Å². The fourth-order valence-electron chi connectivity index (χ4n) is 1.96. The molecule has 1 heterocycles. The van der Waals surface area contributed by atoms with E-state index in [1.54, 1.807) is 12.1 Å². The van der Waals surface area contributed by atoms with Gasteiger partial charge in [-0.05, 0) is 31.2 Å². The summed E-state index contributed by atoms with van der Waals surface area (Å²) in [5.74, 6) is -1.25. The zero-order chi connectivity index (χ0) is 14.5. The Morgan fingerprint density at radius 3 is 2.80 bits per heavy atom. The van der Waals surface area contributed by atoms with Gasteiger partial charge in [0.25, 0.3) is 0 Å². The molecule has 2 amide bonds. The quantitative estimate of drug-likeness (QED) is 0.776. The van der Waals surface area contributed by atoms with Gasteiger partial charge in [0.1, 0.15) is 0 Å². The monoisotopic (exact) mass is 315 g/mol. The van der Waals surface area contributed by atoms with Crippen LogP contribution in [0.3, 0.4) is 0 Å². The van der Waals surface area contributed by atoms with E-state index in [-0.39, 0.29) is 0 Å². The van der Waals surface area contributed by atoms with E-state index < -0.39 is 11.8 Å². The minimum atomic E-state index is -0.698. The average molecular weight is 316 g/mol. The highest BCUT2D eigenvalue weighted by molar-refractivity contribution is 6.42. The van der Waals surface area contributed by atoms with Gasteiger partial charge >= 0.3 is 11.8 Å². The fourth-order valence-corrected chi connectivity index (χ4v) is 2.30. The van der Waals surface area contributed by atoms with Gasteiger partial charge < -0.3 is 15.5 Å². The molecule has 0 aliphatic carbocycles. The number of hydrogen-bond donors (Lipinski definition) is 2. The molecule has 1 fully saturated rings. The maximum absolute atomic E-state index is 12.1. The number of nitrogens with zero attached hydrogens (tertiary/aromatic N) is 1. The summed E-state index contributed by atoms with van der Waals surface area (Å²) in [5, 5.41) is 6.46. The highest BCUT2D eigenvalue weighted by Crippen LogP contribution is 2.25. The van der Waals surface area contributed by atoms with Crippen LogP contribution in [0.15, 0.2) is 18.2 Å². The second-order valence-electron chi connectivity index (χ2n) is 4.47. The molecule has 1 saturated heterocycles. The number of carbonyl (C=O) groups is 2. The van der Waals surface area contributed by atoms with Gasteiger partial charge in [-0.1, -0.05) is 23.2 Å². The van der Waals surface area contributed by atoms with E-state index >= 15 is 0 Å². The predicted octanol–water partition coefficient (Wildman–Crippen LogP) is 1.75. The molecule has 1 aliphatic rings. The van der Waals surface area contributed by atoms with Gasteiger partial charge in [-0.2, -0.15) is 0 Å². The van der Waals surface area contributed by atoms with Gasteiger partial charge in [0.05, 0.1) is 10.7 Å². The Labute approximate surface area is 127 Å². The van der Waals surface area contributed by atoms with E-state index in [1.165, 1.54) is 11.0 Å². The molecule has 0 spiro atoms. The minimum Gasteiger partial charge on any atom is -0.333 e. The van der Waals surface area contributed by atoms with Crippen molar-refractivity contribution in [3.63, 3.8) is 0 Å². The van der Waals surface area contributed by atoms with Crippen molar-refractivity contribution >= 4 is 40.7 Å². The molecule has 1 aromatic carbocycles. The molecule has 0 atom stereocenters. The van der Waals surface area contributed by atoms with Gasteiger partial charge in [-0.3, -0.25) is 9.59 Å². The summed E-state index contributed by atoms with van der Waals surface area (Å²) in [7, 11) is 0. The van der Waals surface area contributed by atoms with E-state index in [4.69, 9.17) is 23.2 Å². The van der Waals surface area contributed by atoms with Gasteiger partial charge in [-0.15, -0.1) is 0 Å². The summed E-state index contributed by atoms with van der Waals surface area (Å²) in [6.45, 7) is 2.64. The molecule has 0 bridgehead atoms. The van der Waals surface area contributed by atoms with Crippen molar-refractivity contribution < 1.29 is 9.59 Å². The van der Waals surface area contributed by atoms with Crippen LogP contribution in [0, 0.1) is 0 Å². The lowest BCUT2D eigenvalue weighted by molar-refractivity contribution is -0.143. The maximum atomic E-state index is 12.1. The molecular weight excluding hydrogens is 301 g/mol. The van der Waals surface area contributed by atoms with Crippen molar-refractivity contribution in [1.82, 2.24) is 10.2 Å². The van der Waals surface area contributed by atoms with Crippen molar-refractivity contribution in [3.8, 4) is 0 Å². The molecule has 2 rings (SSSR count). The molecule has 0 radical (unpaired) electrons. The Hall–Kier alpha value is -1.30. The molecule has 7 heteroatoms. The Morgan fingerprint density at radius 1 is 1.20 bits per heavy atom. The summed E-state index contributed by atoms with van der Waals surface area (Å²) in [6.07, 6.45) is 0.830. The molecule has 108 valence electrons. The van der Waals surface area contributed by atoms with Crippen molar-refractivity contribution in [1.29, 1.82) is 0 Å². The Bertz CT molecular complexity index is 514. The van der Waals surface area contributed by atoms with Crippen LogP contribution in [0.5, 0.6) is 0 Å². The van der Waals surface area contributed by atoms with E-state index in [0.29, 0.717) is 35.4 Å². The summed E-state index contributed by atoms with van der Waals surface area (Å²) in [6, 6.07) is 4.70. The molecular formula is C13H15Cl2N3O2. The van der Waals surface area contributed by atoms with Crippen molar-refractivity contribution in [2.24, 2.45) is 0 Å². The average Bonchev–Trinajstić information content (AvgIpc) is 2.71. The van der Waals surface area contributed by atoms with Gasteiger partial charge in [0.15, 0.2) is 0 Å². The van der Waals surface area contributed by atoms with E-state index in [2.05, 4.69) is 10.6 Å². The third-order valence-corrected chi connectivity index (χ3v) is 3.56. The molecule has 0 saturated carbocycles. The third-order valence-electron chi connectivity index (χ3n) is 3.00. The number of carbonyl (C=O) groups excluding carboxylic acids is 2. The molecule has 20 heavy (non-hydrogen) atoms. The summed E-state index contributed by atoms with van der Waals surface area (Å²) in [5.41, 5.74) is 0.338. The summed E-state index contributed by atoms with van der Waals surface area (Å²) in [4.78, 5) is 25.6. The Balaban J connectivity index is 2.03. The van der Waals surface area contributed by atoms with E-state index in [9.17, 15) is 9.59 Å². The van der Waals surface area contributed by atoms with Crippen molar-refractivity contribution in [3.05, 3.63) is 28.2 Å². The summed E-state index contributed by atoms with van der Waals surface area (Å²) < 4.78 is 0. The van der Waals surface area contributed by atoms with E-state index in [1.807, 2.05) is 0 Å². The summed E-state index contributed by atoms with van der Waals surface area (Å²) >= 11 is 11.8. The lowest BCUT2D eigenvalue weighted by Crippen LogP contribution is -2.41. The van der Waals surface area contributed by atoms with Gasteiger partial charge in [-0.25, -0.2) is 0 Å². The topological polar surface area (TPSA) is 61.4 Å². The first kappa shape index (κ1) is 15.1. The van der Waals surface area contributed by atoms with Crippen molar-refractivity contribution in [2.75, 3.05) is 31.5 Å². The van der Waals surface area contributed by atoms with E-state index in [0.717, 1.165) is 13.0 Å². The number of nitrogens with one attached hydrogen (secondary N) is 2. The molecule has 0 unspecified atom stereocenters. The van der Waals surface area contributed by atoms with Crippen LogP contribution >= 0.6 is 23.2 Å². The number of rotatable bonds is 1. The first-order valence-electron chi connectivity index (χ1n) is 6.34. The predicted molar refractivity (Wildman–Crippen MR) is 79.2 cm³/mol. The van der Waals surface area contributed by atoms with Crippen LogP contribution in [0.4, 0.5) is 5.69 Å². The maximum Gasteiger partial charge on any atom is 0.313 e. The first-order valence-corrected chi connectivity index (χ1v) is 7.09. The standard InChI is InChI=1S/C13H15Cl2N3O2/c14-9-2-3-10(15)11(8-9)17-12(19)13(20)18-6-1-4-16-5-7-18/h2-3,8,16H,1,4-7H2,(H,17,19). The normalized spacial score (nSPS) is 15.6. The zero-order valence-corrected chi connectivity index (χ0v) is 12.3. The molecule has 1 aliphatic heterocycles. The van der Waals surface area contributed by atoms with Crippen molar-refractivity contribution in [2.45, 2.75) is 6.42 Å². The number of hydrogen-bond acceptors (Lipinski definition) is 3. The largest absolute Gasteiger partial charge is 0.333 e. The van der Waals surface area contributed by atoms with Crippen LogP contribution in [0.2, 0.25) is 10.0 Å². The number of amides is 2. The lowest BCUT2D eigenvalue weighted by Gasteiger charge is -2.19. The number of halogens is 2. The van der Waals surface area contributed by atoms with Gasteiger partial charge in [0.2, 0.25) is 0 Å². The Morgan fingerprint density at radius 2 is 2.00 bits per heavy atom. The van der Waals surface area contributed by atoms with Crippen LogP contribution in [0.25, 0.3) is 0 Å². The fraction of sp³-hybridized carbons (Fsp3) is 0.385. The smallest absolute Gasteiger partial charge is 0.313 e. The third kappa shape index (κ3) is 3.85. The van der Waals surface area contributed by atoms with Crippen LogP contribution in [-0.2, 0) is 9.59 Å². The minimum absolute atomic E-state index is 0.338. The van der Waals surface area contributed by atoms with Crippen LogP contribution in [-0.4, -0.2) is 42.9 Å². The highest BCUT2D eigenvalue weighted by atomic mass is 35.5. The first-order chi connectivity index (χ1) is 9.58. The second-order valence-corrected chi connectivity index (χ2v) is 5.32. The molecule has 1 aromatic rings. The lowest BCUT2D eigenvalue weighted by atomic mass is 10.3. The Kier molecular flexibility index (Phi) is 5.23. The highest BCUT2D eigenvalue weighted by Gasteiger charge is 2.23. The molecule has 2 N–H and O–H groups in total. The SMILES string of the molecule is O=C(Nc1cc(Cl)ccc1Cl)C(=O)N1CCCNCC1. The second kappa shape index (κ2) is 6.92. The van der Waals surface area contributed by atoms with Crippen LogP contribution < -0.4 is 10.6 Å². The zero-order valence-electron chi connectivity index (χ0n) is 10.8. The van der Waals surface area contributed by atoms with Crippen LogP contribution in [0.1, 0.15) is 6.42 Å². The molecule has 5 nitrogen and oxygen atoms in total.